The molecule has 39 heavy (non-hydrogen) atoms. The number of H-pyrrole nitrogens is 1. The van der Waals surface area contributed by atoms with Gasteiger partial charge in [-0.05, 0) is 53.0 Å². The number of carbonyl (C=O) groups excluding carboxylic acids is 2. The van der Waals surface area contributed by atoms with Crippen molar-refractivity contribution in [3.8, 4) is 5.75 Å². The minimum absolute atomic E-state index is 0.0733. The molecule has 0 bridgehead atoms. The van der Waals surface area contributed by atoms with Gasteiger partial charge in [-0.25, -0.2) is 18.4 Å². The Kier molecular flexibility index (Phi) is 6.94. The zero-order valence-corrected chi connectivity index (χ0v) is 22.5. The van der Waals surface area contributed by atoms with Gasteiger partial charge < -0.3 is 33.7 Å². The minimum Gasteiger partial charge on any atom is -0.444 e. The van der Waals surface area contributed by atoms with E-state index in [1.807, 2.05) is 6.92 Å². The lowest BCUT2D eigenvalue weighted by Gasteiger charge is -2.35. The summed E-state index contributed by atoms with van der Waals surface area (Å²) in [5.41, 5.74) is -2.84. The van der Waals surface area contributed by atoms with Crippen LogP contribution in [0.4, 0.5) is 24.1 Å². The molecule has 1 saturated carbocycles. The van der Waals surface area contributed by atoms with Crippen LogP contribution in [0.5, 0.6) is 5.75 Å². The predicted molar refractivity (Wildman–Crippen MR) is 137 cm³/mol. The van der Waals surface area contributed by atoms with Gasteiger partial charge in [-0.3, -0.25) is 4.79 Å². The average Bonchev–Trinajstić information content (AvgIpc) is 3.46. The molecule has 0 spiro atoms. The summed E-state index contributed by atoms with van der Waals surface area (Å²) in [6.45, 7) is 8.72. The minimum atomic E-state index is -1.04. The van der Waals surface area contributed by atoms with Crippen molar-refractivity contribution >= 4 is 28.8 Å². The van der Waals surface area contributed by atoms with Crippen LogP contribution >= 0.6 is 0 Å². The van der Waals surface area contributed by atoms with Crippen LogP contribution in [0.3, 0.4) is 0 Å². The van der Waals surface area contributed by atoms with Crippen molar-refractivity contribution in [2.45, 2.75) is 64.3 Å². The molecule has 1 amide bonds. The number of aromatic amines is 1. The molecule has 1 aromatic heterocycles. The van der Waals surface area contributed by atoms with Gasteiger partial charge in [0.25, 0.3) is 0 Å². The molecule has 3 aliphatic rings. The van der Waals surface area contributed by atoms with Crippen LogP contribution in [0.2, 0.25) is 0 Å². The fourth-order valence-electron chi connectivity index (χ4n) is 5.29. The number of fused-ring (bicyclic) bond motifs is 2. The second-order valence-electron chi connectivity index (χ2n) is 11.4. The monoisotopic (exact) mass is 549 g/mol. The number of benzene rings is 1. The second-order valence-corrected chi connectivity index (χ2v) is 11.4. The maximum atomic E-state index is 15.8. The average molecular weight is 550 g/mol. The third-order valence-corrected chi connectivity index (χ3v) is 7.30. The number of aromatic nitrogens is 1. The lowest BCUT2D eigenvalue weighted by molar-refractivity contribution is -0.0330. The highest BCUT2D eigenvalue weighted by Crippen LogP contribution is 2.43. The van der Waals surface area contributed by atoms with Crippen LogP contribution in [0, 0.1) is 17.6 Å². The molecule has 3 fully saturated rings. The van der Waals surface area contributed by atoms with E-state index in [0.29, 0.717) is 26.1 Å². The number of amides is 1. The third kappa shape index (κ3) is 5.39. The van der Waals surface area contributed by atoms with Gasteiger partial charge in [0.15, 0.2) is 11.6 Å². The molecule has 2 atom stereocenters. The fourth-order valence-corrected chi connectivity index (χ4v) is 5.29. The Balaban J connectivity index is 1.40. The van der Waals surface area contributed by atoms with Crippen molar-refractivity contribution in [1.29, 1.82) is 0 Å². The number of halogens is 2. The first kappa shape index (κ1) is 27.2. The molecule has 2 unspecified atom stereocenters. The van der Waals surface area contributed by atoms with E-state index in [-0.39, 0.29) is 41.7 Å². The van der Waals surface area contributed by atoms with Crippen LogP contribution in [-0.2, 0) is 14.2 Å². The highest BCUT2D eigenvalue weighted by molar-refractivity contribution is 5.85. The van der Waals surface area contributed by atoms with Gasteiger partial charge in [0.1, 0.15) is 28.8 Å². The lowest BCUT2D eigenvalue weighted by Crippen LogP contribution is -2.51. The van der Waals surface area contributed by atoms with Crippen LogP contribution in [-0.4, -0.2) is 72.2 Å². The van der Waals surface area contributed by atoms with Gasteiger partial charge in [-0.1, -0.05) is 0 Å². The number of ether oxygens (including phenoxy) is 4. The molecule has 10 nitrogen and oxygen atoms in total. The van der Waals surface area contributed by atoms with Gasteiger partial charge in [0.05, 0.1) is 17.4 Å². The van der Waals surface area contributed by atoms with Gasteiger partial charge in [-0.2, -0.15) is 0 Å². The molecule has 2 aromatic rings. The van der Waals surface area contributed by atoms with Gasteiger partial charge in [0, 0.05) is 38.4 Å². The van der Waals surface area contributed by atoms with E-state index in [1.165, 1.54) is 0 Å². The number of carbonyl (C=O) groups is 2. The number of rotatable bonds is 6. The largest absolute Gasteiger partial charge is 0.514 e. The first-order valence-electron chi connectivity index (χ1n) is 13.2. The quantitative estimate of drug-likeness (QED) is 0.530. The van der Waals surface area contributed by atoms with E-state index < -0.39 is 46.3 Å². The van der Waals surface area contributed by atoms with E-state index in [1.54, 1.807) is 30.6 Å². The Morgan fingerprint density at radius 1 is 1.26 bits per heavy atom. The number of nitrogens with one attached hydrogen (secondary N) is 1. The standard InChI is InChI=1S/C27H33F2N3O7/c1-5-31(24(34)39-26(2,3)4)13-27-14-32(12-15(27)8-9-36-27)22-18(28)10-17-21(20(22)29)30-11-19(23(17)33)38-25(35)37-16-6-7-16/h10-11,15-16H,5-9,12-14H2,1-4H3,(H,30,33). The number of nitrogens with zero attached hydrogens (tertiary/aromatic N) is 2. The zero-order chi connectivity index (χ0) is 28.1. The number of pyridine rings is 1. The number of hydrogen-bond donors (Lipinski definition) is 1. The van der Waals surface area contributed by atoms with Gasteiger partial charge >= 0.3 is 12.2 Å². The summed E-state index contributed by atoms with van der Waals surface area (Å²) < 4.78 is 52.8. The van der Waals surface area contributed by atoms with E-state index in [4.69, 9.17) is 18.9 Å². The van der Waals surface area contributed by atoms with E-state index in [9.17, 15) is 14.4 Å². The first-order chi connectivity index (χ1) is 18.4. The molecule has 212 valence electrons. The van der Waals surface area contributed by atoms with Crippen LogP contribution in [0.25, 0.3) is 10.9 Å². The van der Waals surface area contributed by atoms with Crippen LogP contribution in [0.1, 0.15) is 47.0 Å². The smallest absolute Gasteiger partial charge is 0.444 e. The van der Waals surface area contributed by atoms with Gasteiger partial charge in [-0.15, -0.1) is 0 Å². The Morgan fingerprint density at radius 2 is 2.00 bits per heavy atom. The molecule has 0 radical (unpaired) electrons. The maximum Gasteiger partial charge on any atom is 0.514 e. The molecule has 12 heteroatoms. The van der Waals surface area contributed by atoms with Crippen molar-refractivity contribution in [2.24, 2.45) is 5.92 Å². The zero-order valence-electron chi connectivity index (χ0n) is 22.5. The van der Waals surface area contributed by atoms with E-state index >= 15 is 8.78 Å². The molecule has 3 heterocycles. The number of likely N-dealkylation sites (N-methyl/N-ethyl adjacent to an activating group) is 1. The molecule has 1 aliphatic carbocycles. The van der Waals surface area contributed by atoms with Crippen LogP contribution in [0.15, 0.2) is 17.1 Å². The summed E-state index contributed by atoms with van der Waals surface area (Å²) in [7, 11) is 0. The highest BCUT2D eigenvalue weighted by atomic mass is 19.1. The summed E-state index contributed by atoms with van der Waals surface area (Å²) in [5.74, 6) is -2.36. The third-order valence-electron chi connectivity index (χ3n) is 7.30. The molecular weight excluding hydrogens is 516 g/mol. The topological polar surface area (TPSA) is 110 Å². The van der Waals surface area contributed by atoms with Crippen molar-refractivity contribution < 1.29 is 37.3 Å². The molecular formula is C27H33F2N3O7. The maximum absolute atomic E-state index is 15.8. The SMILES string of the molecule is CCN(CC12CN(c3c(F)cc4c(=O)c(OC(=O)OC5CC5)c[nH]c4c3F)CC1CCO2)C(=O)OC(C)(C)C. The Bertz CT molecular complexity index is 1350. The van der Waals surface area contributed by atoms with Crippen molar-refractivity contribution in [2.75, 3.05) is 37.7 Å². The summed E-state index contributed by atoms with van der Waals surface area (Å²) in [6.07, 6.45) is 1.44. The summed E-state index contributed by atoms with van der Waals surface area (Å²) in [5, 5.41) is -0.294. The number of hydrogen-bond acceptors (Lipinski definition) is 8. The second kappa shape index (κ2) is 9.96. The normalized spacial score (nSPS) is 22.6. The summed E-state index contributed by atoms with van der Waals surface area (Å²) in [6, 6.07) is 0.937. The molecule has 1 N–H and O–H groups in total. The van der Waals surface area contributed by atoms with E-state index in [2.05, 4.69) is 4.98 Å². The molecule has 5 rings (SSSR count). The number of anilines is 1. The highest BCUT2D eigenvalue weighted by Gasteiger charge is 2.53. The van der Waals surface area contributed by atoms with Crippen LogP contribution < -0.4 is 15.1 Å². The lowest BCUT2D eigenvalue weighted by atomic mass is 9.90. The summed E-state index contributed by atoms with van der Waals surface area (Å²) in [4.78, 5) is 43.2. The fraction of sp³-hybridized carbons (Fsp3) is 0.593. The molecule has 1 aromatic carbocycles. The Hall–Kier alpha value is -3.41. The van der Waals surface area contributed by atoms with E-state index in [0.717, 1.165) is 25.1 Å². The van der Waals surface area contributed by atoms with Crippen molar-refractivity contribution in [3.63, 3.8) is 0 Å². The predicted octanol–water partition coefficient (Wildman–Crippen LogP) is 4.34. The summed E-state index contributed by atoms with van der Waals surface area (Å²) >= 11 is 0. The first-order valence-corrected chi connectivity index (χ1v) is 13.2. The molecule has 2 saturated heterocycles. The molecule has 2 aliphatic heterocycles. The Labute approximate surface area is 224 Å². The van der Waals surface area contributed by atoms with Crippen molar-refractivity contribution in [3.05, 3.63) is 34.1 Å². The Morgan fingerprint density at radius 3 is 2.67 bits per heavy atom. The van der Waals surface area contributed by atoms with Crippen molar-refractivity contribution in [1.82, 2.24) is 9.88 Å². The van der Waals surface area contributed by atoms with Gasteiger partial charge in [0.2, 0.25) is 5.43 Å².